The summed E-state index contributed by atoms with van der Waals surface area (Å²) in [5.74, 6) is 0.344. The van der Waals surface area contributed by atoms with Crippen LogP contribution in [0.2, 0.25) is 0 Å². The molecule has 2 amide bonds. The van der Waals surface area contributed by atoms with Gasteiger partial charge in [0.2, 0.25) is 5.91 Å². The maximum Gasteiger partial charge on any atom is 0.254 e. The SMILES string of the molecule is Cc1ccccc1C(=O)N1CC[C@@]2(C1)C(=O)N(C)C[C@H]2c1ccccc1. The van der Waals surface area contributed by atoms with E-state index in [1.807, 2.05) is 66.2 Å². The van der Waals surface area contributed by atoms with Crippen molar-refractivity contribution in [2.75, 3.05) is 26.7 Å². The van der Waals surface area contributed by atoms with Crippen LogP contribution in [0.25, 0.3) is 0 Å². The Morgan fingerprint density at radius 3 is 2.50 bits per heavy atom. The lowest BCUT2D eigenvalue weighted by molar-refractivity contribution is -0.134. The van der Waals surface area contributed by atoms with Crippen molar-refractivity contribution in [3.8, 4) is 0 Å². The van der Waals surface area contributed by atoms with Gasteiger partial charge in [0.1, 0.15) is 0 Å². The fraction of sp³-hybridized carbons (Fsp3) is 0.364. The highest BCUT2D eigenvalue weighted by molar-refractivity contribution is 5.97. The van der Waals surface area contributed by atoms with Gasteiger partial charge in [-0.05, 0) is 30.5 Å². The van der Waals surface area contributed by atoms with E-state index < -0.39 is 5.41 Å². The zero-order chi connectivity index (χ0) is 18.3. The van der Waals surface area contributed by atoms with Gasteiger partial charge in [-0.3, -0.25) is 9.59 Å². The van der Waals surface area contributed by atoms with Crippen LogP contribution in [-0.4, -0.2) is 48.3 Å². The van der Waals surface area contributed by atoms with E-state index in [-0.39, 0.29) is 17.7 Å². The van der Waals surface area contributed by atoms with Crippen LogP contribution >= 0.6 is 0 Å². The molecule has 0 N–H and O–H groups in total. The molecule has 2 aromatic rings. The number of hydrogen-bond donors (Lipinski definition) is 0. The molecule has 0 unspecified atom stereocenters. The van der Waals surface area contributed by atoms with E-state index in [4.69, 9.17) is 0 Å². The van der Waals surface area contributed by atoms with E-state index in [1.54, 1.807) is 0 Å². The number of carbonyl (C=O) groups is 2. The summed E-state index contributed by atoms with van der Waals surface area (Å²) in [5.41, 5.74) is 2.41. The predicted octanol–water partition coefficient (Wildman–Crippen LogP) is 3.08. The van der Waals surface area contributed by atoms with E-state index in [0.717, 1.165) is 24.1 Å². The lowest BCUT2D eigenvalue weighted by Gasteiger charge is -2.28. The second kappa shape index (κ2) is 6.27. The molecule has 134 valence electrons. The van der Waals surface area contributed by atoms with Crippen molar-refractivity contribution in [3.63, 3.8) is 0 Å². The molecule has 2 aromatic carbocycles. The third kappa shape index (κ3) is 2.52. The minimum absolute atomic E-state index is 0.0362. The van der Waals surface area contributed by atoms with Crippen molar-refractivity contribution < 1.29 is 9.59 Å². The first-order valence-corrected chi connectivity index (χ1v) is 9.18. The minimum atomic E-state index is -0.492. The lowest BCUT2D eigenvalue weighted by atomic mass is 9.73. The molecular formula is C22H24N2O2. The lowest BCUT2D eigenvalue weighted by Crippen LogP contribution is -2.39. The number of amides is 2. The summed E-state index contributed by atoms with van der Waals surface area (Å²) in [6.07, 6.45) is 0.730. The molecule has 0 bridgehead atoms. The largest absolute Gasteiger partial charge is 0.345 e. The summed E-state index contributed by atoms with van der Waals surface area (Å²) in [4.78, 5) is 29.8. The molecule has 4 rings (SSSR count). The van der Waals surface area contributed by atoms with Crippen molar-refractivity contribution in [1.82, 2.24) is 9.80 Å². The summed E-state index contributed by atoms with van der Waals surface area (Å²) in [7, 11) is 1.87. The molecule has 4 nitrogen and oxygen atoms in total. The van der Waals surface area contributed by atoms with Crippen LogP contribution in [0, 0.1) is 12.3 Å². The number of nitrogens with zero attached hydrogens (tertiary/aromatic N) is 2. The van der Waals surface area contributed by atoms with Gasteiger partial charge in [0, 0.05) is 38.2 Å². The standard InChI is InChI=1S/C22H24N2O2/c1-16-8-6-7-11-18(16)20(25)24-13-12-22(15-24)19(14-23(2)21(22)26)17-9-4-3-5-10-17/h3-11,19H,12-15H2,1-2H3/t19-,22-/m0/s1. The molecule has 0 aliphatic carbocycles. The summed E-state index contributed by atoms with van der Waals surface area (Å²) >= 11 is 0. The summed E-state index contributed by atoms with van der Waals surface area (Å²) in [5, 5.41) is 0. The van der Waals surface area contributed by atoms with Gasteiger partial charge in [-0.15, -0.1) is 0 Å². The second-order valence-electron chi connectivity index (χ2n) is 7.60. The van der Waals surface area contributed by atoms with Gasteiger partial charge in [-0.25, -0.2) is 0 Å². The van der Waals surface area contributed by atoms with Crippen LogP contribution in [-0.2, 0) is 4.79 Å². The van der Waals surface area contributed by atoms with Gasteiger partial charge in [0.25, 0.3) is 5.91 Å². The van der Waals surface area contributed by atoms with Gasteiger partial charge in [0.15, 0.2) is 0 Å². The molecule has 2 saturated heterocycles. The highest BCUT2D eigenvalue weighted by atomic mass is 16.2. The Labute approximate surface area is 154 Å². The third-order valence-electron chi connectivity index (χ3n) is 6.06. The van der Waals surface area contributed by atoms with Crippen LogP contribution in [0.4, 0.5) is 0 Å². The van der Waals surface area contributed by atoms with Crippen LogP contribution < -0.4 is 0 Å². The second-order valence-corrected chi connectivity index (χ2v) is 7.60. The Balaban J connectivity index is 1.65. The normalized spacial score (nSPS) is 25.3. The summed E-state index contributed by atoms with van der Waals surface area (Å²) in [6, 6.07) is 17.9. The zero-order valence-electron chi connectivity index (χ0n) is 15.3. The molecule has 0 radical (unpaired) electrons. The monoisotopic (exact) mass is 348 g/mol. The molecule has 2 aliphatic rings. The average Bonchev–Trinajstić information content (AvgIpc) is 3.21. The molecule has 2 heterocycles. The maximum absolute atomic E-state index is 13.1. The van der Waals surface area contributed by atoms with E-state index in [1.165, 1.54) is 5.56 Å². The fourth-order valence-electron chi connectivity index (χ4n) is 4.62. The summed E-state index contributed by atoms with van der Waals surface area (Å²) < 4.78 is 0. The Morgan fingerprint density at radius 1 is 1.08 bits per heavy atom. The minimum Gasteiger partial charge on any atom is -0.345 e. The zero-order valence-corrected chi connectivity index (χ0v) is 15.3. The average molecular weight is 348 g/mol. The van der Waals surface area contributed by atoms with E-state index in [0.29, 0.717) is 13.1 Å². The van der Waals surface area contributed by atoms with Crippen molar-refractivity contribution in [3.05, 3.63) is 71.3 Å². The summed E-state index contributed by atoms with van der Waals surface area (Å²) in [6.45, 7) is 3.81. The molecule has 26 heavy (non-hydrogen) atoms. The number of hydrogen-bond acceptors (Lipinski definition) is 2. The number of aryl methyl sites for hydroxylation is 1. The smallest absolute Gasteiger partial charge is 0.254 e. The van der Waals surface area contributed by atoms with E-state index in [2.05, 4.69) is 12.1 Å². The quantitative estimate of drug-likeness (QED) is 0.837. The molecule has 2 atom stereocenters. The third-order valence-corrected chi connectivity index (χ3v) is 6.06. The van der Waals surface area contributed by atoms with Crippen LogP contribution in [0.3, 0.4) is 0 Å². The molecule has 2 fully saturated rings. The number of benzene rings is 2. The Kier molecular flexibility index (Phi) is 4.06. The first-order valence-electron chi connectivity index (χ1n) is 9.18. The van der Waals surface area contributed by atoms with Gasteiger partial charge in [-0.1, -0.05) is 48.5 Å². The maximum atomic E-state index is 13.1. The molecule has 0 aromatic heterocycles. The highest BCUT2D eigenvalue weighted by Crippen LogP contribution is 2.49. The van der Waals surface area contributed by atoms with Crippen molar-refractivity contribution >= 4 is 11.8 Å². The molecular weight excluding hydrogens is 324 g/mol. The van der Waals surface area contributed by atoms with Crippen LogP contribution in [0.5, 0.6) is 0 Å². The van der Waals surface area contributed by atoms with Crippen molar-refractivity contribution in [2.24, 2.45) is 5.41 Å². The van der Waals surface area contributed by atoms with E-state index in [9.17, 15) is 9.59 Å². The molecule has 1 spiro atoms. The molecule has 2 aliphatic heterocycles. The Hall–Kier alpha value is -2.62. The van der Waals surface area contributed by atoms with Gasteiger partial charge in [-0.2, -0.15) is 0 Å². The van der Waals surface area contributed by atoms with Gasteiger partial charge >= 0.3 is 0 Å². The first kappa shape index (κ1) is 16.8. The number of likely N-dealkylation sites (N-methyl/N-ethyl adjacent to an activating group) is 1. The Bertz CT molecular complexity index is 848. The van der Waals surface area contributed by atoms with Crippen LogP contribution in [0.1, 0.15) is 33.8 Å². The molecule has 4 heteroatoms. The predicted molar refractivity (Wildman–Crippen MR) is 101 cm³/mol. The molecule has 0 saturated carbocycles. The van der Waals surface area contributed by atoms with Crippen LogP contribution in [0.15, 0.2) is 54.6 Å². The number of rotatable bonds is 2. The van der Waals surface area contributed by atoms with Crippen molar-refractivity contribution in [1.29, 1.82) is 0 Å². The number of likely N-dealkylation sites (tertiary alicyclic amines) is 2. The Morgan fingerprint density at radius 2 is 1.77 bits per heavy atom. The van der Waals surface area contributed by atoms with Gasteiger partial charge in [0.05, 0.1) is 5.41 Å². The highest BCUT2D eigenvalue weighted by Gasteiger charge is 2.57. The number of carbonyl (C=O) groups excluding carboxylic acids is 2. The first-order chi connectivity index (χ1) is 12.5. The van der Waals surface area contributed by atoms with E-state index >= 15 is 0 Å². The van der Waals surface area contributed by atoms with Crippen molar-refractivity contribution in [2.45, 2.75) is 19.3 Å². The fourth-order valence-corrected chi connectivity index (χ4v) is 4.62. The van der Waals surface area contributed by atoms with Gasteiger partial charge < -0.3 is 9.80 Å². The topological polar surface area (TPSA) is 40.6 Å².